The molecule has 0 saturated carbocycles. The highest BCUT2D eigenvalue weighted by Gasteiger charge is 2.11. The van der Waals surface area contributed by atoms with Crippen LogP contribution in [0.5, 0.6) is 0 Å². The predicted octanol–water partition coefficient (Wildman–Crippen LogP) is 3.13. The van der Waals surface area contributed by atoms with Crippen molar-refractivity contribution in [1.82, 2.24) is 0 Å². The highest BCUT2D eigenvalue weighted by Crippen LogP contribution is 2.26. The molecule has 1 atom stereocenters. The van der Waals surface area contributed by atoms with Gasteiger partial charge in [-0.3, -0.25) is 0 Å². The summed E-state index contributed by atoms with van der Waals surface area (Å²) in [5.74, 6) is -0.315. The second kappa shape index (κ2) is 4.40. The van der Waals surface area contributed by atoms with Crippen LogP contribution >= 0.6 is 27.5 Å². The Morgan fingerprint density at radius 2 is 2.23 bits per heavy atom. The number of benzene rings is 1. The molecule has 0 radical (unpaired) electrons. The first-order valence-corrected chi connectivity index (χ1v) is 5.07. The number of rotatable bonds is 2. The van der Waals surface area contributed by atoms with Crippen LogP contribution in [0.4, 0.5) is 4.39 Å². The summed E-state index contributed by atoms with van der Waals surface area (Å²) in [5, 5.41) is 0.429. The molecule has 0 amide bonds. The SMILES string of the molecule is CC(N)Cc1c(Cl)ccc(Br)c1F. The smallest absolute Gasteiger partial charge is 0.142 e. The Labute approximate surface area is 90.2 Å². The summed E-state index contributed by atoms with van der Waals surface area (Å²) in [6.45, 7) is 1.82. The van der Waals surface area contributed by atoms with Crippen molar-refractivity contribution < 1.29 is 4.39 Å². The van der Waals surface area contributed by atoms with Crippen LogP contribution in [0.2, 0.25) is 5.02 Å². The Morgan fingerprint density at radius 1 is 1.62 bits per heavy atom. The molecule has 0 aromatic heterocycles. The maximum absolute atomic E-state index is 13.4. The van der Waals surface area contributed by atoms with Gasteiger partial charge in [-0.25, -0.2) is 4.39 Å². The summed E-state index contributed by atoms with van der Waals surface area (Å²) in [4.78, 5) is 0. The van der Waals surface area contributed by atoms with E-state index in [1.54, 1.807) is 12.1 Å². The van der Waals surface area contributed by atoms with E-state index in [1.807, 2.05) is 6.92 Å². The predicted molar refractivity (Wildman–Crippen MR) is 56.5 cm³/mol. The molecule has 0 fully saturated rings. The molecular formula is C9H10BrClFN. The first kappa shape index (κ1) is 11.0. The molecule has 2 N–H and O–H groups in total. The van der Waals surface area contributed by atoms with Crippen LogP contribution in [0.25, 0.3) is 0 Å². The van der Waals surface area contributed by atoms with E-state index in [9.17, 15) is 4.39 Å². The van der Waals surface area contributed by atoms with E-state index in [0.29, 0.717) is 21.5 Å². The minimum Gasteiger partial charge on any atom is -0.328 e. The van der Waals surface area contributed by atoms with Crippen LogP contribution in [-0.2, 0) is 6.42 Å². The Hall–Kier alpha value is -0.120. The standard InChI is InChI=1S/C9H10BrClFN/c1-5(13)4-6-8(11)3-2-7(10)9(6)12/h2-3,5H,4,13H2,1H3. The lowest BCUT2D eigenvalue weighted by atomic mass is 10.1. The Morgan fingerprint density at radius 3 is 2.77 bits per heavy atom. The Balaban J connectivity index is 3.10. The van der Waals surface area contributed by atoms with Crippen LogP contribution < -0.4 is 5.73 Å². The zero-order valence-corrected chi connectivity index (χ0v) is 9.49. The molecule has 1 aromatic carbocycles. The molecule has 1 nitrogen and oxygen atoms in total. The van der Waals surface area contributed by atoms with E-state index in [1.165, 1.54) is 0 Å². The summed E-state index contributed by atoms with van der Waals surface area (Å²) in [6.07, 6.45) is 0.449. The minimum absolute atomic E-state index is 0.0960. The second-order valence-corrected chi connectivity index (χ2v) is 4.26. The monoisotopic (exact) mass is 265 g/mol. The summed E-state index contributed by atoms with van der Waals surface area (Å²) in [5.41, 5.74) is 6.05. The van der Waals surface area contributed by atoms with Gasteiger partial charge in [-0.15, -0.1) is 0 Å². The van der Waals surface area contributed by atoms with Crippen molar-refractivity contribution >= 4 is 27.5 Å². The van der Waals surface area contributed by atoms with Gasteiger partial charge in [0.25, 0.3) is 0 Å². The third-order valence-corrected chi connectivity index (χ3v) is 2.63. The minimum atomic E-state index is -0.315. The van der Waals surface area contributed by atoms with Gasteiger partial charge in [0.15, 0.2) is 0 Å². The lowest BCUT2D eigenvalue weighted by Gasteiger charge is -2.09. The largest absolute Gasteiger partial charge is 0.328 e. The molecule has 1 aromatic rings. The molecule has 0 heterocycles. The highest BCUT2D eigenvalue weighted by molar-refractivity contribution is 9.10. The number of nitrogens with two attached hydrogens (primary N) is 1. The second-order valence-electron chi connectivity index (χ2n) is 3.00. The van der Waals surface area contributed by atoms with E-state index in [-0.39, 0.29) is 11.9 Å². The fourth-order valence-corrected chi connectivity index (χ4v) is 1.67. The van der Waals surface area contributed by atoms with Crippen molar-refractivity contribution in [2.75, 3.05) is 0 Å². The summed E-state index contributed by atoms with van der Waals surface area (Å²) >= 11 is 8.92. The maximum atomic E-state index is 13.4. The molecule has 0 bridgehead atoms. The van der Waals surface area contributed by atoms with Gasteiger partial charge in [0.1, 0.15) is 5.82 Å². The molecule has 0 saturated heterocycles. The quantitative estimate of drug-likeness (QED) is 0.818. The van der Waals surface area contributed by atoms with Gasteiger partial charge < -0.3 is 5.73 Å². The lowest BCUT2D eigenvalue weighted by molar-refractivity contribution is 0.590. The molecule has 4 heteroatoms. The van der Waals surface area contributed by atoms with Gasteiger partial charge in [-0.2, -0.15) is 0 Å². The van der Waals surface area contributed by atoms with Crippen LogP contribution in [0, 0.1) is 5.82 Å². The van der Waals surface area contributed by atoms with E-state index in [0.717, 1.165) is 0 Å². The van der Waals surface area contributed by atoms with Gasteiger partial charge in [0.2, 0.25) is 0 Å². The van der Waals surface area contributed by atoms with Crippen molar-refractivity contribution in [1.29, 1.82) is 0 Å². The van der Waals surface area contributed by atoms with E-state index < -0.39 is 0 Å². The third kappa shape index (κ3) is 2.66. The van der Waals surface area contributed by atoms with Crippen LogP contribution in [0.15, 0.2) is 16.6 Å². The topological polar surface area (TPSA) is 26.0 Å². The van der Waals surface area contributed by atoms with E-state index in [2.05, 4.69) is 15.9 Å². The van der Waals surface area contributed by atoms with Gasteiger partial charge >= 0.3 is 0 Å². The molecular weight excluding hydrogens is 256 g/mol. The van der Waals surface area contributed by atoms with Crippen molar-refractivity contribution in [3.63, 3.8) is 0 Å². The molecule has 1 rings (SSSR count). The van der Waals surface area contributed by atoms with Crippen LogP contribution in [-0.4, -0.2) is 6.04 Å². The van der Waals surface area contributed by atoms with Gasteiger partial charge in [-0.1, -0.05) is 11.6 Å². The third-order valence-electron chi connectivity index (χ3n) is 1.67. The molecule has 72 valence electrons. The summed E-state index contributed by atoms with van der Waals surface area (Å²) < 4.78 is 13.9. The zero-order chi connectivity index (χ0) is 10.0. The lowest BCUT2D eigenvalue weighted by Crippen LogP contribution is -2.18. The fourth-order valence-electron chi connectivity index (χ4n) is 1.08. The van der Waals surface area contributed by atoms with Crippen molar-refractivity contribution in [3.8, 4) is 0 Å². The van der Waals surface area contributed by atoms with Gasteiger partial charge in [-0.05, 0) is 41.4 Å². The van der Waals surface area contributed by atoms with Gasteiger partial charge in [0, 0.05) is 16.6 Å². The van der Waals surface area contributed by atoms with E-state index >= 15 is 0 Å². The number of halogens is 3. The number of hydrogen-bond donors (Lipinski definition) is 1. The fraction of sp³-hybridized carbons (Fsp3) is 0.333. The average molecular weight is 267 g/mol. The molecule has 0 spiro atoms. The van der Waals surface area contributed by atoms with Crippen molar-refractivity contribution in [3.05, 3.63) is 33.0 Å². The molecule has 1 unspecified atom stereocenters. The molecule has 0 aliphatic carbocycles. The maximum Gasteiger partial charge on any atom is 0.142 e. The molecule has 13 heavy (non-hydrogen) atoms. The zero-order valence-electron chi connectivity index (χ0n) is 7.15. The van der Waals surface area contributed by atoms with Crippen molar-refractivity contribution in [2.45, 2.75) is 19.4 Å². The Bertz CT molecular complexity index is 315. The number of hydrogen-bond acceptors (Lipinski definition) is 1. The Kier molecular flexibility index (Phi) is 3.71. The first-order chi connectivity index (χ1) is 6.02. The van der Waals surface area contributed by atoms with Gasteiger partial charge in [0.05, 0.1) is 4.47 Å². The molecule has 0 aliphatic heterocycles. The normalized spacial score (nSPS) is 13.0. The highest BCUT2D eigenvalue weighted by atomic mass is 79.9. The van der Waals surface area contributed by atoms with Crippen LogP contribution in [0.3, 0.4) is 0 Å². The summed E-state index contributed by atoms with van der Waals surface area (Å²) in [6, 6.07) is 3.15. The summed E-state index contributed by atoms with van der Waals surface area (Å²) in [7, 11) is 0. The average Bonchev–Trinajstić information content (AvgIpc) is 2.05. The molecule has 0 aliphatic rings. The van der Waals surface area contributed by atoms with Crippen molar-refractivity contribution in [2.24, 2.45) is 5.73 Å². The first-order valence-electron chi connectivity index (χ1n) is 3.90. The van der Waals surface area contributed by atoms with E-state index in [4.69, 9.17) is 17.3 Å². The van der Waals surface area contributed by atoms with Crippen LogP contribution in [0.1, 0.15) is 12.5 Å².